The normalized spacial score (nSPS) is 11.0. The van der Waals surface area contributed by atoms with Gasteiger partial charge in [-0.05, 0) is 32.4 Å². The van der Waals surface area contributed by atoms with E-state index in [9.17, 15) is 0 Å². The molecule has 3 aromatic rings. The van der Waals surface area contributed by atoms with Crippen LogP contribution in [-0.4, -0.2) is 26.5 Å². The van der Waals surface area contributed by atoms with Crippen LogP contribution >= 0.6 is 11.3 Å². The first-order chi connectivity index (χ1) is 10.2. The van der Waals surface area contributed by atoms with Crippen LogP contribution in [0.3, 0.4) is 0 Å². The Morgan fingerprint density at radius 3 is 2.81 bits per heavy atom. The molecule has 0 aliphatic rings. The van der Waals surface area contributed by atoms with Crippen molar-refractivity contribution in [1.82, 2.24) is 19.9 Å². The van der Waals surface area contributed by atoms with Gasteiger partial charge in [0.05, 0.1) is 5.39 Å². The third kappa shape index (κ3) is 2.85. The maximum absolute atomic E-state index is 4.66. The predicted octanol–water partition coefficient (Wildman–Crippen LogP) is 3.59. The maximum atomic E-state index is 4.66. The van der Waals surface area contributed by atoms with Gasteiger partial charge in [-0.15, -0.1) is 11.3 Å². The van der Waals surface area contributed by atoms with Crippen molar-refractivity contribution < 1.29 is 0 Å². The first-order valence-corrected chi connectivity index (χ1v) is 7.81. The van der Waals surface area contributed by atoms with Crippen molar-refractivity contribution in [2.45, 2.75) is 27.2 Å². The smallest absolute Gasteiger partial charge is 0.181 e. The summed E-state index contributed by atoms with van der Waals surface area (Å²) in [5.74, 6) is 2.26. The van der Waals surface area contributed by atoms with Gasteiger partial charge in [-0.2, -0.15) is 0 Å². The molecule has 0 atom stereocenters. The fourth-order valence-corrected chi connectivity index (χ4v) is 2.99. The van der Waals surface area contributed by atoms with E-state index in [1.54, 1.807) is 17.5 Å². The molecule has 6 heteroatoms. The molecule has 1 N–H and O–H groups in total. The van der Waals surface area contributed by atoms with Crippen LogP contribution in [0.15, 0.2) is 18.3 Å². The SMILES string of the molecule is CCCNc1nc(-c2ccnc(C)n2)nc2sc(C)cc12. The molecule has 108 valence electrons. The average molecular weight is 299 g/mol. The predicted molar refractivity (Wildman–Crippen MR) is 86.7 cm³/mol. The Morgan fingerprint density at radius 2 is 2.05 bits per heavy atom. The minimum absolute atomic E-state index is 0.647. The van der Waals surface area contributed by atoms with E-state index < -0.39 is 0 Å². The number of hydrogen-bond donors (Lipinski definition) is 1. The number of nitrogens with zero attached hydrogens (tertiary/aromatic N) is 4. The molecule has 0 bridgehead atoms. The zero-order chi connectivity index (χ0) is 14.8. The summed E-state index contributed by atoms with van der Waals surface area (Å²) in [6, 6.07) is 3.98. The lowest BCUT2D eigenvalue weighted by molar-refractivity contribution is 0.968. The van der Waals surface area contributed by atoms with Crippen LogP contribution in [0.5, 0.6) is 0 Å². The van der Waals surface area contributed by atoms with Gasteiger partial charge in [0, 0.05) is 17.6 Å². The Morgan fingerprint density at radius 1 is 1.19 bits per heavy atom. The number of fused-ring (bicyclic) bond motifs is 1. The molecule has 0 unspecified atom stereocenters. The van der Waals surface area contributed by atoms with Crippen LogP contribution in [0, 0.1) is 13.8 Å². The van der Waals surface area contributed by atoms with E-state index in [4.69, 9.17) is 0 Å². The Kier molecular flexibility index (Phi) is 3.79. The minimum Gasteiger partial charge on any atom is -0.369 e. The molecule has 0 fully saturated rings. The van der Waals surface area contributed by atoms with Crippen LogP contribution in [0.2, 0.25) is 0 Å². The highest BCUT2D eigenvalue weighted by Crippen LogP contribution is 2.30. The van der Waals surface area contributed by atoms with Gasteiger partial charge in [0.1, 0.15) is 22.2 Å². The molecular weight excluding hydrogens is 282 g/mol. The van der Waals surface area contributed by atoms with Crippen LogP contribution in [-0.2, 0) is 0 Å². The largest absolute Gasteiger partial charge is 0.369 e. The molecule has 3 heterocycles. The van der Waals surface area contributed by atoms with Gasteiger partial charge in [0.25, 0.3) is 0 Å². The topological polar surface area (TPSA) is 63.6 Å². The molecule has 21 heavy (non-hydrogen) atoms. The van der Waals surface area contributed by atoms with Crippen LogP contribution in [0.25, 0.3) is 21.7 Å². The first kappa shape index (κ1) is 13.9. The number of rotatable bonds is 4. The van der Waals surface area contributed by atoms with E-state index in [2.05, 4.69) is 45.2 Å². The minimum atomic E-state index is 0.647. The molecule has 0 amide bonds. The van der Waals surface area contributed by atoms with E-state index in [1.807, 2.05) is 13.0 Å². The average Bonchev–Trinajstić information content (AvgIpc) is 2.85. The van der Waals surface area contributed by atoms with Crippen molar-refractivity contribution in [2.24, 2.45) is 0 Å². The van der Waals surface area contributed by atoms with Gasteiger partial charge in [-0.3, -0.25) is 0 Å². The lowest BCUT2D eigenvalue weighted by atomic mass is 10.3. The van der Waals surface area contributed by atoms with E-state index in [0.717, 1.165) is 40.5 Å². The second-order valence-corrected chi connectivity index (χ2v) is 6.12. The molecule has 5 nitrogen and oxygen atoms in total. The third-order valence-corrected chi connectivity index (χ3v) is 4.01. The molecule has 0 saturated carbocycles. The Hall–Kier alpha value is -2.08. The summed E-state index contributed by atoms with van der Waals surface area (Å²) in [6.07, 6.45) is 2.79. The lowest BCUT2D eigenvalue weighted by Crippen LogP contribution is -2.04. The molecule has 0 saturated heterocycles. The zero-order valence-electron chi connectivity index (χ0n) is 12.3. The summed E-state index contributed by atoms with van der Waals surface area (Å²) in [6.45, 7) is 6.99. The van der Waals surface area contributed by atoms with Gasteiger partial charge in [0.15, 0.2) is 5.82 Å². The van der Waals surface area contributed by atoms with E-state index in [-0.39, 0.29) is 0 Å². The Balaban J connectivity index is 2.15. The van der Waals surface area contributed by atoms with Crippen molar-refractivity contribution in [3.8, 4) is 11.5 Å². The monoisotopic (exact) mass is 299 g/mol. The third-order valence-electron chi connectivity index (χ3n) is 3.06. The molecule has 0 aliphatic heterocycles. The van der Waals surface area contributed by atoms with Gasteiger partial charge in [0.2, 0.25) is 0 Å². The van der Waals surface area contributed by atoms with Gasteiger partial charge in [-0.25, -0.2) is 19.9 Å². The van der Waals surface area contributed by atoms with Gasteiger partial charge < -0.3 is 5.32 Å². The van der Waals surface area contributed by atoms with E-state index >= 15 is 0 Å². The van der Waals surface area contributed by atoms with E-state index in [1.165, 1.54) is 4.88 Å². The molecule has 0 spiro atoms. The van der Waals surface area contributed by atoms with Crippen LogP contribution in [0.1, 0.15) is 24.0 Å². The highest BCUT2D eigenvalue weighted by molar-refractivity contribution is 7.18. The van der Waals surface area contributed by atoms with Crippen molar-refractivity contribution in [3.05, 3.63) is 29.0 Å². The van der Waals surface area contributed by atoms with Crippen molar-refractivity contribution in [2.75, 3.05) is 11.9 Å². The Bertz CT molecular complexity index is 781. The highest BCUT2D eigenvalue weighted by Gasteiger charge is 2.12. The molecule has 0 aromatic carbocycles. The summed E-state index contributed by atoms with van der Waals surface area (Å²) >= 11 is 1.68. The summed E-state index contributed by atoms with van der Waals surface area (Å²) in [7, 11) is 0. The fourth-order valence-electron chi connectivity index (χ4n) is 2.12. The molecule has 0 radical (unpaired) electrons. The quantitative estimate of drug-likeness (QED) is 0.797. The standard InChI is InChI=1S/C15H17N5S/c1-4-6-17-13-11-8-9(2)21-15(11)20-14(19-13)12-5-7-16-10(3)18-12/h5,7-8H,4,6H2,1-3H3,(H,17,19,20). The number of aromatic nitrogens is 4. The van der Waals surface area contributed by atoms with Gasteiger partial charge in [-0.1, -0.05) is 6.92 Å². The second kappa shape index (κ2) is 5.73. The number of nitrogens with one attached hydrogen (secondary N) is 1. The van der Waals surface area contributed by atoms with Crippen molar-refractivity contribution in [3.63, 3.8) is 0 Å². The summed E-state index contributed by atoms with van der Waals surface area (Å²) < 4.78 is 0. The molecular formula is C15H17N5S. The van der Waals surface area contributed by atoms with Gasteiger partial charge >= 0.3 is 0 Å². The summed E-state index contributed by atoms with van der Waals surface area (Å²) in [4.78, 5) is 20.1. The van der Waals surface area contributed by atoms with Crippen molar-refractivity contribution in [1.29, 1.82) is 0 Å². The zero-order valence-corrected chi connectivity index (χ0v) is 13.2. The van der Waals surface area contributed by atoms with Crippen molar-refractivity contribution >= 4 is 27.4 Å². The van der Waals surface area contributed by atoms with Crippen LogP contribution < -0.4 is 5.32 Å². The lowest BCUT2D eigenvalue weighted by Gasteiger charge is -2.07. The molecule has 0 aliphatic carbocycles. The Labute approximate surface area is 127 Å². The van der Waals surface area contributed by atoms with Crippen LogP contribution in [0.4, 0.5) is 5.82 Å². The number of aryl methyl sites for hydroxylation is 2. The fraction of sp³-hybridized carbons (Fsp3) is 0.333. The number of thiophene rings is 1. The highest BCUT2D eigenvalue weighted by atomic mass is 32.1. The molecule has 3 rings (SSSR count). The van der Waals surface area contributed by atoms with E-state index in [0.29, 0.717) is 5.82 Å². The maximum Gasteiger partial charge on any atom is 0.181 e. The number of hydrogen-bond acceptors (Lipinski definition) is 6. The first-order valence-electron chi connectivity index (χ1n) is 6.99. The summed E-state index contributed by atoms with van der Waals surface area (Å²) in [5.41, 5.74) is 0.759. The second-order valence-electron chi connectivity index (χ2n) is 4.89. The number of anilines is 1. The summed E-state index contributed by atoms with van der Waals surface area (Å²) in [5, 5.41) is 4.47. The molecule has 3 aromatic heterocycles.